The van der Waals surface area contributed by atoms with E-state index >= 15 is 0 Å². The second kappa shape index (κ2) is 7.42. The number of thioether (sulfide) groups is 1. The van der Waals surface area contributed by atoms with Crippen LogP contribution in [0.15, 0.2) is 23.2 Å². The largest absolute Gasteiger partial charge is 0.493 e. The lowest BCUT2D eigenvalue weighted by molar-refractivity contribution is -0.117. The number of fused-ring (bicyclic) bond motifs is 1. The summed E-state index contributed by atoms with van der Waals surface area (Å²) >= 11 is 3.21. The van der Waals surface area contributed by atoms with Crippen molar-refractivity contribution in [2.24, 2.45) is 4.99 Å². The zero-order valence-electron chi connectivity index (χ0n) is 13.2. The molecule has 1 aliphatic heterocycles. The summed E-state index contributed by atoms with van der Waals surface area (Å²) in [4.78, 5) is 20.5. The number of ketones is 1. The number of carbonyl (C=O) groups is 1. The molecular weight excluding hydrogens is 330 g/mol. The van der Waals surface area contributed by atoms with Crippen LogP contribution in [0.2, 0.25) is 0 Å². The van der Waals surface area contributed by atoms with Crippen LogP contribution in [0.4, 0.5) is 0 Å². The van der Waals surface area contributed by atoms with Gasteiger partial charge in [0.25, 0.3) is 0 Å². The first-order valence-electron chi connectivity index (χ1n) is 7.57. The van der Waals surface area contributed by atoms with E-state index in [0.29, 0.717) is 6.61 Å². The molecular formula is C16H19N3O2S2. The predicted octanol–water partition coefficient (Wildman–Crippen LogP) is 2.74. The number of aliphatic imine (C=N–C) groups is 1. The van der Waals surface area contributed by atoms with E-state index in [2.05, 4.69) is 15.3 Å². The van der Waals surface area contributed by atoms with E-state index in [4.69, 9.17) is 4.74 Å². The van der Waals surface area contributed by atoms with E-state index < -0.39 is 0 Å². The number of rotatable bonds is 7. The highest BCUT2D eigenvalue weighted by molar-refractivity contribution is 8.15. The highest BCUT2D eigenvalue weighted by atomic mass is 32.2. The summed E-state index contributed by atoms with van der Waals surface area (Å²) in [6.07, 6.45) is 0.975. The van der Waals surface area contributed by atoms with Gasteiger partial charge in [-0.2, -0.15) is 0 Å². The molecule has 1 aromatic heterocycles. The summed E-state index contributed by atoms with van der Waals surface area (Å²) in [6, 6.07) is 5.74. The second-order valence-electron chi connectivity index (χ2n) is 5.33. The van der Waals surface area contributed by atoms with Gasteiger partial charge in [0.05, 0.1) is 16.8 Å². The van der Waals surface area contributed by atoms with Gasteiger partial charge in [-0.1, -0.05) is 0 Å². The van der Waals surface area contributed by atoms with Gasteiger partial charge in [0, 0.05) is 5.75 Å². The number of carbonyl (C=O) groups excluding carboxylic acids is 1. The van der Waals surface area contributed by atoms with Crippen molar-refractivity contribution in [3.63, 3.8) is 0 Å². The summed E-state index contributed by atoms with van der Waals surface area (Å²) in [5, 5.41) is 4.87. The van der Waals surface area contributed by atoms with Crippen LogP contribution in [0.25, 0.3) is 10.2 Å². The molecule has 0 bridgehead atoms. The molecule has 1 unspecified atom stereocenters. The molecule has 1 atom stereocenters. The average molecular weight is 349 g/mol. The van der Waals surface area contributed by atoms with Crippen molar-refractivity contribution in [2.45, 2.75) is 19.4 Å². The van der Waals surface area contributed by atoms with Gasteiger partial charge in [-0.25, -0.2) is 4.98 Å². The maximum Gasteiger partial charge on any atom is 0.155 e. The maximum absolute atomic E-state index is 11.4. The van der Waals surface area contributed by atoms with Gasteiger partial charge >= 0.3 is 0 Å². The monoisotopic (exact) mass is 349 g/mol. The smallest absolute Gasteiger partial charge is 0.155 e. The molecule has 2 heterocycles. The average Bonchev–Trinajstić information content (AvgIpc) is 3.17. The van der Waals surface area contributed by atoms with Gasteiger partial charge < -0.3 is 10.1 Å². The van der Waals surface area contributed by atoms with Gasteiger partial charge in [0.1, 0.15) is 21.8 Å². The third-order valence-corrected chi connectivity index (χ3v) is 5.71. The lowest BCUT2D eigenvalue weighted by Crippen LogP contribution is -2.14. The SMILES string of the molecule is CNCCCOc1ccc2nc(C3=NC(C(C)=O)CS3)sc2c1. The summed E-state index contributed by atoms with van der Waals surface area (Å²) in [7, 11) is 1.94. The lowest BCUT2D eigenvalue weighted by Gasteiger charge is -2.05. The third-order valence-electron chi connectivity index (χ3n) is 3.50. The number of nitrogens with one attached hydrogen (secondary N) is 1. The minimum Gasteiger partial charge on any atom is -0.493 e. The number of Topliss-reactive ketones (excluding diaryl/α,β-unsaturated/α-hetero) is 1. The summed E-state index contributed by atoms with van der Waals surface area (Å²) < 4.78 is 6.84. The molecule has 2 aromatic rings. The minimum absolute atomic E-state index is 0.117. The first-order valence-corrected chi connectivity index (χ1v) is 9.37. The molecule has 5 nitrogen and oxygen atoms in total. The Morgan fingerprint density at radius 1 is 1.48 bits per heavy atom. The Morgan fingerprint density at radius 3 is 3.09 bits per heavy atom. The van der Waals surface area contributed by atoms with Crippen molar-refractivity contribution in [1.82, 2.24) is 10.3 Å². The molecule has 7 heteroatoms. The van der Waals surface area contributed by atoms with Crippen LogP contribution >= 0.6 is 23.1 Å². The number of hydrogen-bond acceptors (Lipinski definition) is 7. The van der Waals surface area contributed by atoms with Crippen LogP contribution in [-0.4, -0.2) is 47.8 Å². The van der Waals surface area contributed by atoms with Gasteiger partial charge in [-0.15, -0.1) is 23.1 Å². The normalized spacial score (nSPS) is 17.5. The second-order valence-corrected chi connectivity index (χ2v) is 7.37. The Kier molecular flexibility index (Phi) is 5.30. The zero-order valence-corrected chi connectivity index (χ0v) is 14.8. The third kappa shape index (κ3) is 3.91. The Hall–Kier alpha value is -1.44. The van der Waals surface area contributed by atoms with Crippen molar-refractivity contribution in [2.75, 3.05) is 26.0 Å². The van der Waals surface area contributed by atoms with Crippen molar-refractivity contribution >= 4 is 44.1 Å². The highest BCUT2D eigenvalue weighted by Crippen LogP contribution is 2.31. The zero-order chi connectivity index (χ0) is 16.2. The summed E-state index contributed by atoms with van der Waals surface area (Å²) in [5.41, 5.74) is 0.946. The number of nitrogens with zero attached hydrogens (tertiary/aromatic N) is 2. The van der Waals surface area contributed by atoms with E-state index in [1.54, 1.807) is 30.0 Å². The standard InChI is InChI=1S/C16H19N3O2S2/c1-10(20)13-9-22-15(19-13)16-18-12-5-4-11(8-14(12)23-16)21-7-3-6-17-2/h4-5,8,13,17H,3,6-7,9H2,1-2H3. The summed E-state index contributed by atoms with van der Waals surface area (Å²) in [5.74, 6) is 1.71. The van der Waals surface area contributed by atoms with E-state index in [1.807, 2.05) is 25.2 Å². The number of benzene rings is 1. The molecule has 23 heavy (non-hydrogen) atoms. The van der Waals surface area contributed by atoms with Crippen LogP contribution in [0.3, 0.4) is 0 Å². The maximum atomic E-state index is 11.4. The van der Waals surface area contributed by atoms with E-state index in [0.717, 1.165) is 44.7 Å². The molecule has 1 aliphatic rings. The van der Waals surface area contributed by atoms with Crippen LogP contribution < -0.4 is 10.1 Å². The molecule has 0 saturated heterocycles. The summed E-state index contributed by atoms with van der Waals surface area (Å²) in [6.45, 7) is 3.23. The van der Waals surface area contributed by atoms with Gasteiger partial charge in [-0.05, 0) is 45.1 Å². The van der Waals surface area contributed by atoms with Gasteiger partial charge in [0.15, 0.2) is 5.78 Å². The highest BCUT2D eigenvalue weighted by Gasteiger charge is 2.24. The van der Waals surface area contributed by atoms with Gasteiger partial charge in [-0.3, -0.25) is 9.79 Å². The predicted molar refractivity (Wildman–Crippen MR) is 97.1 cm³/mol. The molecule has 0 amide bonds. The molecule has 1 N–H and O–H groups in total. The molecule has 3 rings (SSSR count). The topological polar surface area (TPSA) is 63.6 Å². The number of ether oxygens (including phenoxy) is 1. The molecule has 0 radical (unpaired) electrons. The fourth-order valence-corrected chi connectivity index (χ4v) is 4.41. The number of aromatic nitrogens is 1. The number of thiazole rings is 1. The van der Waals surface area contributed by atoms with Crippen LogP contribution in [0.5, 0.6) is 5.75 Å². The van der Waals surface area contributed by atoms with Crippen molar-refractivity contribution in [3.05, 3.63) is 23.2 Å². The Labute approximate surface area is 143 Å². The Morgan fingerprint density at radius 2 is 2.35 bits per heavy atom. The molecule has 0 saturated carbocycles. The molecule has 1 aromatic carbocycles. The first kappa shape index (κ1) is 16.4. The van der Waals surface area contributed by atoms with Crippen molar-refractivity contribution < 1.29 is 9.53 Å². The van der Waals surface area contributed by atoms with Crippen LogP contribution in [-0.2, 0) is 4.79 Å². The van der Waals surface area contributed by atoms with E-state index in [-0.39, 0.29) is 11.8 Å². The van der Waals surface area contributed by atoms with Crippen molar-refractivity contribution in [1.29, 1.82) is 0 Å². The molecule has 0 fully saturated rings. The van der Waals surface area contributed by atoms with E-state index in [9.17, 15) is 4.79 Å². The van der Waals surface area contributed by atoms with E-state index in [1.165, 1.54) is 0 Å². The number of hydrogen-bond donors (Lipinski definition) is 1. The van der Waals surface area contributed by atoms with Gasteiger partial charge in [0.2, 0.25) is 0 Å². The minimum atomic E-state index is -0.215. The Bertz CT molecular complexity index is 742. The fourth-order valence-electron chi connectivity index (χ4n) is 2.22. The quantitative estimate of drug-likeness (QED) is 0.779. The van der Waals surface area contributed by atoms with Crippen LogP contribution in [0.1, 0.15) is 18.4 Å². The molecule has 0 spiro atoms. The van der Waals surface area contributed by atoms with Crippen LogP contribution in [0, 0.1) is 0 Å². The van der Waals surface area contributed by atoms with Crippen molar-refractivity contribution in [3.8, 4) is 5.75 Å². The first-order chi connectivity index (χ1) is 11.2. The molecule has 122 valence electrons. The molecule has 0 aliphatic carbocycles. The lowest BCUT2D eigenvalue weighted by atomic mass is 10.2. The Balaban J connectivity index is 1.74. The fraction of sp³-hybridized carbons (Fsp3) is 0.438.